The molecule has 3 nitrogen and oxygen atoms in total. The van der Waals surface area contributed by atoms with E-state index in [4.69, 9.17) is 10.5 Å². The zero-order valence-corrected chi connectivity index (χ0v) is 8.82. The van der Waals surface area contributed by atoms with Crippen molar-refractivity contribution in [1.82, 2.24) is 0 Å². The van der Waals surface area contributed by atoms with E-state index in [-0.39, 0.29) is 12.1 Å². The van der Waals surface area contributed by atoms with Gasteiger partial charge in [0.1, 0.15) is 6.07 Å². The molecule has 1 aromatic rings. The molecule has 0 aliphatic carbocycles. The first-order valence-electron chi connectivity index (χ1n) is 4.49. The lowest BCUT2D eigenvalue weighted by Crippen LogP contribution is -2.15. The van der Waals surface area contributed by atoms with Crippen LogP contribution in [0.25, 0.3) is 0 Å². The van der Waals surface area contributed by atoms with Crippen LogP contribution in [-0.2, 0) is 12.4 Å². The predicted molar refractivity (Wildman–Crippen MR) is 50.4 cm³/mol. The molecule has 0 aliphatic heterocycles. The first-order chi connectivity index (χ1) is 8.61. The van der Waals surface area contributed by atoms with Crippen molar-refractivity contribution in [3.05, 3.63) is 28.8 Å². The number of anilines is 1. The van der Waals surface area contributed by atoms with Gasteiger partial charge < -0.3 is 0 Å². The molecule has 0 unspecified atom stereocenters. The van der Waals surface area contributed by atoms with Gasteiger partial charge in [-0.15, -0.1) is 0 Å². The van der Waals surface area contributed by atoms with Gasteiger partial charge >= 0.3 is 12.4 Å². The number of hydrogen-bond donors (Lipinski definition) is 1. The van der Waals surface area contributed by atoms with E-state index in [0.717, 1.165) is 6.07 Å². The Morgan fingerprint density at radius 2 is 1.32 bits per heavy atom. The van der Waals surface area contributed by atoms with E-state index in [2.05, 4.69) is 0 Å². The van der Waals surface area contributed by atoms with Gasteiger partial charge in [-0.2, -0.15) is 36.9 Å². The third kappa shape index (κ3) is 3.07. The second-order valence-electron chi connectivity index (χ2n) is 3.29. The van der Waals surface area contributed by atoms with Crippen molar-refractivity contribution in [2.24, 2.45) is 0 Å². The van der Waals surface area contributed by atoms with E-state index in [1.54, 1.807) is 5.32 Å². The van der Waals surface area contributed by atoms with Crippen LogP contribution in [0.5, 0.6) is 0 Å². The molecule has 9 heteroatoms. The topological polar surface area (TPSA) is 59.6 Å². The summed E-state index contributed by atoms with van der Waals surface area (Å²) < 4.78 is 75.6. The zero-order chi connectivity index (χ0) is 14.8. The van der Waals surface area contributed by atoms with Gasteiger partial charge in [0.15, 0.2) is 6.19 Å². The predicted octanol–water partition coefficient (Wildman–Crippen LogP) is 3.49. The number of hydrogen-bond acceptors (Lipinski definition) is 3. The van der Waals surface area contributed by atoms with Gasteiger partial charge in [0.25, 0.3) is 0 Å². The molecule has 0 saturated carbocycles. The lowest BCUT2D eigenvalue weighted by atomic mass is 10.00. The van der Waals surface area contributed by atoms with Crippen molar-refractivity contribution in [2.75, 3.05) is 5.32 Å². The molecule has 1 rings (SSSR count). The normalized spacial score (nSPS) is 11.6. The van der Waals surface area contributed by atoms with Gasteiger partial charge in [0, 0.05) is 5.69 Å². The molecule has 100 valence electrons. The van der Waals surface area contributed by atoms with E-state index in [1.807, 2.05) is 0 Å². The summed E-state index contributed by atoms with van der Waals surface area (Å²) in [6.45, 7) is 0. The van der Waals surface area contributed by atoms with Crippen molar-refractivity contribution in [1.29, 1.82) is 10.5 Å². The lowest BCUT2D eigenvalue weighted by Gasteiger charge is -2.16. The summed E-state index contributed by atoms with van der Waals surface area (Å²) in [6.07, 6.45) is -9.07. The van der Waals surface area contributed by atoms with Crippen LogP contribution in [-0.4, -0.2) is 0 Å². The fourth-order valence-corrected chi connectivity index (χ4v) is 1.35. The summed E-state index contributed by atoms with van der Waals surface area (Å²) in [5.74, 6) is 0. The quantitative estimate of drug-likeness (QED) is 0.486. The van der Waals surface area contributed by atoms with E-state index in [0.29, 0.717) is 0 Å². The first-order valence-corrected chi connectivity index (χ1v) is 4.49. The number of nitrogens with zero attached hydrogens (tertiary/aromatic N) is 2. The fourth-order valence-electron chi connectivity index (χ4n) is 1.35. The molecule has 0 fully saturated rings. The average molecular weight is 279 g/mol. The molecule has 0 saturated heterocycles. The summed E-state index contributed by atoms with van der Waals surface area (Å²) in [4.78, 5) is 0. The molecule has 0 heterocycles. The van der Waals surface area contributed by atoms with Crippen molar-refractivity contribution in [2.45, 2.75) is 12.4 Å². The average Bonchev–Trinajstić information content (AvgIpc) is 2.26. The minimum absolute atomic E-state index is 0.275. The number of nitriles is 2. The molecule has 0 aromatic heterocycles. The number of alkyl halides is 6. The maximum Gasteiger partial charge on any atom is 0.417 e. The summed E-state index contributed by atoms with van der Waals surface area (Å²) >= 11 is 0. The number of benzene rings is 1. The molecule has 19 heavy (non-hydrogen) atoms. The van der Waals surface area contributed by atoms with Gasteiger partial charge in [0.2, 0.25) is 0 Å². The standard InChI is InChI=1S/C10H3F6N3/c11-9(12,13)7-1-5(19-4-18)2-8(6(7)3-17)10(14,15)16/h1-2,19H. The monoisotopic (exact) mass is 279 g/mol. The molecule has 1 N–H and O–H groups in total. The number of rotatable bonds is 1. The van der Waals surface area contributed by atoms with E-state index in [9.17, 15) is 26.3 Å². The minimum Gasteiger partial charge on any atom is -0.293 e. The van der Waals surface area contributed by atoms with Crippen LogP contribution in [0.1, 0.15) is 16.7 Å². The van der Waals surface area contributed by atoms with Crippen molar-refractivity contribution >= 4 is 5.69 Å². The third-order valence-electron chi connectivity index (χ3n) is 2.06. The van der Waals surface area contributed by atoms with Crippen molar-refractivity contribution in [3.63, 3.8) is 0 Å². The van der Waals surface area contributed by atoms with E-state index < -0.39 is 34.7 Å². The molecule has 0 aliphatic rings. The van der Waals surface area contributed by atoms with Crippen LogP contribution in [0.15, 0.2) is 12.1 Å². The second kappa shape index (κ2) is 4.69. The van der Waals surface area contributed by atoms with Gasteiger partial charge in [-0.1, -0.05) is 0 Å². The van der Waals surface area contributed by atoms with E-state index >= 15 is 0 Å². The Kier molecular flexibility index (Phi) is 3.61. The summed E-state index contributed by atoms with van der Waals surface area (Å²) in [5, 5.41) is 18.4. The highest BCUT2D eigenvalue weighted by Crippen LogP contribution is 2.40. The molecular formula is C10H3F6N3. The Balaban J connectivity index is 3.69. The van der Waals surface area contributed by atoms with Gasteiger partial charge in [-0.05, 0) is 12.1 Å². The molecular weight excluding hydrogens is 276 g/mol. The van der Waals surface area contributed by atoms with Gasteiger partial charge in [0.05, 0.1) is 16.7 Å². The highest BCUT2D eigenvalue weighted by atomic mass is 19.4. The largest absolute Gasteiger partial charge is 0.417 e. The maximum absolute atomic E-state index is 12.6. The Bertz CT molecular complexity index is 538. The van der Waals surface area contributed by atoms with Gasteiger partial charge in [-0.3, -0.25) is 5.32 Å². The summed E-state index contributed by atoms with van der Waals surface area (Å²) in [7, 11) is 0. The van der Waals surface area contributed by atoms with E-state index in [1.165, 1.54) is 6.19 Å². The molecule has 0 spiro atoms. The zero-order valence-electron chi connectivity index (χ0n) is 8.82. The van der Waals surface area contributed by atoms with Crippen LogP contribution >= 0.6 is 0 Å². The minimum atomic E-state index is -5.14. The summed E-state index contributed by atoms with van der Waals surface area (Å²) in [6, 6.07) is 1.45. The Hall–Kier alpha value is -2.42. The van der Waals surface area contributed by atoms with Crippen LogP contribution in [0.4, 0.5) is 32.0 Å². The van der Waals surface area contributed by atoms with Crippen LogP contribution in [0.3, 0.4) is 0 Å². The SMILES string of the molecule is N#CNc1cc(C(F)(F)F)c(C#N)c(C(F)(F)F)c1. The fraction of sp³-hybridized carbons (Fsp3) is 0.200. The molecule has 0 atom stereocenters. The first kappa shape index (κ1) is 14.6. The highest BCUT2D eigenvalue weighted by molar-refractivity contribution is 5.59. The van der Waals surface area contributed by atoms with Crippen LogP contribution in [0, 0.1) is 22.8 Å². The van der Waals surface area contributed by atoms with Crippen molar-refractivity contribution in [3.8, 4) is 12.3 Å². The lowest BCUT2D eigenvalue weighted by molar-refractivity contribution is -0.143. The second-order valence-corrected chi connectivity index (χ2v) is 3.29. The number of halogens is 6. The summed E-state index contributed by atoms with van der Waals surface area (Å²) in [5.41, 5.74) is -5.71. The number of nitrogens with one attached hydrogen (secondary N) is 1. The maximum atomic E-state index is 12.6. The van der Waals surface area contributed by atoms with Crippen LogP contribution in [0.2, 0.25) is 0 Å². The Morgan fingerprint density at radius 1 is 0.895 bits per heavy atom. The Labute approximate surface area is 102 Å². The molecule has 0 bridgehead atoms. The third-order valence-corrected chi connectivity index (χ3v) is 2.06. The molecule has 0 radical (unpaired) electrons. The van der Waals surface area contributed by atoms with Gasteiger partial charge in [-0.25, -0.2) is 0 Å². The Morgan fingerprint density at radius 3 is 1.58 bits per heavy atom. The molecule has 0 amide bonds. The van der Waals surface area contributed by atoms with Crippen molar-refractivity contribution < 1.29 is 26.3 Å². The van der Waals surface area contributed by atoms with Crippen LogP contribution < -0.4 is 5.32 Å². The molecule has 1 aromatic carbocycles. The highest BCUT2D eigenvalue weighted by Gasteiger charge is 2.41. The smallest absolute Gasteiger partial charge is 0.293 e.